The summed E-state index contributed by atoms with van der Waals surface area (Å²) in [6.07, 6.45) is 2.21. The molecule has 7 nitrogen and oxygen atoms in total. The van der Waals surface area contributed by atoms with E-state index in [1.165, 1.54) is 12.1 Å². The number of H-pyrrole nitrogens is 1. The molecule has 1 aromatic heterocycles. The molecule has 2 fully saturated rings. The first kappa shape index (κ1) is 18.8. The number of halogens is 1. The predicted octanol–water partition coefficient (Wildman–Crippen LogP) is 1.53. The number of nitrogens with zero attached hydrogens (tertiary/aromatic N) is 2. The minimum Gasteiger partial charge on any atom is -0.341 e. The van der Waals surface area contributed by atoms with Crippen LogP contribution in [0.1, 0.15) is 48.3 Å². The first-order valence-corrected chi connectivity index (χ1v) is 9.63. The number of hydrazine groups is 1. The van der Waals surface area contributed by atoms with Crippen LogP contribution in [-0.2, 0) is 4.79 Å². The van der Waals surface area contributed by atoms with E-state index >= 15 is 0 Å². The molecule has 0 spiro atoms. The maximum Gasteiger partial charge on any atom is 0.251 e. The molecule has 3 heterocycles. The maximum absolute atomic E-state index is 13.1. The van der Waals surface area contributed by atoms with Crippen molar-refractivity contribution in [2.75, 3.05) is 13.1 Å². The van der Waals surface area contributed by atoms with Crippen molar-refractivity contribution in [2.24, 2.45) is 0 Å². The molecule has 0 saturated carbocycles. The van der Waals surface area contributed by atoms with Gasteiger partial charge in [0.15, 0.2) is 0 Å². The molecule has 8 heteroatoms. The van der Waals surface area contributed by atoms with Gasteiger partial charge < -0.3 is 9.88 Å². The van der Waals surface area contributed by atoms with Crippen LogP contribution >= 0.6 is 0 Å². The second-order valence-electron chi connectivity index (χ2n) is 7.54. The normalized spacial score (nSPS) is 23.1. The first-order valence-electron chi connectivity index (χ1n) is 9.63. The number of amides is 1. The Morgan fingerprint density at radius 2 is 1.89 bits per heavy atom. The predicted molar refractivity (Wildman–Crippen MR) is 102 cm³/mol. The van der Waals surface area contributed by atoms with E-state index in [1.807, 2.05) is 4.90 Å². The van der Waals surface area contributed by atoms with Gasteiger partial charge in [0.1, 0.15) is 17.7 Å². The lowest BCUT2D eigenvalue weighted by molar-refractivity contribution is -0.134. The second kappa shape index (κ2) is 7.81. The summed E-state index contributed by atoms with van der Waals surface area (Å²) in [6, 6.07) is 7.59. The average molecular weight is 385 g/mol. The maximum atomic E-state index is 13.1. The Balaban J connectivity index is 1.34. The molecule has 2 aliphatic rings. The van der Waals surface area contributed by atoms with E-state index in [1.54, 1.807) is 25.1 Å². The molecule has 2 aliphatic heterocycles. The Morgan fingerprint density at radius 1 is 1.18 bits per heavy atom. The number of aromatic amines is 1. The fraction of sp³-hybridized carbons (Fsp3) is 0.450. The number of rotatable bonds is 3. The Kier molecular flexibility index (Phi) is 5.23. The molecule has 1 amide bonds. The Bertz CT molecular complexity index is 906. The number of piperidine rings is 1. The lowest BCUT2D eigenvalue weighted by Gasteiger charge is -2.33. The van der Waals surface area contributed by atoms with Crippen molar-refractivity contribution >= 4 is 5.91 Å². The molecule has 148 valence electrons. The number of benzene rings is 1. The van der Waals surface area contributed by atoms with Crippen molar-refractivity contribution in [3.63, 3.8) is 0 Å². The molecule has 3 N–H and O–H groups in total. The van der Waals surface area contributed by atoms with E-state index < -0.39 is 0 Å². The van der Waals surface area contributed by atoms with Crippen molar-refractivity contribution in [2.45, 2.75) is 44.2 Å². The minimum atomic E-state index is -0.299. The number of aromatic nitrogens is 2. The number of carbonyl (C=O) groups is 1. The summed E-state index contributed by atoms with van der Waals surface area (Å²) in [5.74, 6) is 0.627. The summed E-state index contributed by atoms with van der Waals surface area (Å²) in [5, 5.41) is 0. The van der Waals surface area contributed by atoms with Crippen LogP contribution in [0.25, 0.3) is 0 Å². The summed E-state index contributed by atoms with van der Waals surface area (Å²) >= 11 is 0. The third kappa shape index (κ3) is 3.98. The van der Waals surface area contributed by atoms with Crippen molar-refractivity contribution in [1.29, 1.82) is 0 Å². The Hall–Kier alpha value is -2.58. The van der Waals surface area contributed by atoms with Crippen molar-refractivity contribution < 1.29 is 9.18 Å². The van der Waals surface area contributed by atoms with Crippen LogP contribution in [0, 0.1) is 12.7 Å². The van der Waals surface area contributed by atoms with E-state index in [4.69, 9.17) is 0 Å². The van der Waals surface area contributed by atoms with Crippen LogP contribution in [0.4, 0.5) is 4.39 Å². The van der Waals surface area contributed by atoms with Gasteiger partial charge in [-0.05, 0) is 43.9 Å². The lowest BCUT2D eigenvalue weighted by atomic mass is 9.92. The van der Waals surface area contributed by atoms with Crippen LogP contribution in [0.15, 0.2) is 35.1 Å². The molecule has 0 radical (unpaired) electrons. The fourth-order valence-corrected chi connectivity index (χ4v) is 4.06. The SMILES string of the molecule is Cc1nc(C2CCN(C(=O)C3CC(c4ccc(F)cc4)NN3)CC2)cc(=O)[nH]1. The van der Waals surface area contributed by atoms with E-state index in [9.17, 15) is 14.0 Å². The second-order valence-corrected chi connectivity index (χ2v) is 7.54. The zero-order chi connectivity index (χ0) is 19.7. The molecule has 0 bridgehead atoms. The van der Waals surface area contributed by atoms with Gasteiger partial charge in [-0.15, -0.1) is 0 Å². The third-order valence-corrected chi connectivity index (χ3v) is 5.58. The molecule has 4 rings (SSSR count). The van der Waals surface area contributed by atoms with Gasteiger partial charge >= 0.3 is 0 Å². The molecule has 1 aromatic carbocycles. The van der Waals surface area contributed by atoms with Crippen molar-refractivity contribution in [3.05, 3.63) is 63.6 Å². The highest BCUT2D eigenvalue weighted by Gasteiger charge is 2.34. The quantitative estimate of drug-likeness (QED) is 0.746. The number of likely N-dealkylation sites (tertiary alicyclic amines) is 1. The summed E-state index contributed by atoms with van der Waals surface area (Å²) in [4.78, 5) is 33.5. The van der Waals surface area contributed by atoms with Gasteiger partial charge in [0.05, 0.1) is 5.69 Å². The van der Waals surface area contributed by atoms with Gasteiger partial charge in [-0.25, -0.2) is 20.2 Å². The van der Waals surface area contributed by atoms with Crippen molar-refractivity contribution in [1.82, 2.24) is 25.7 Å². The monoisotopic (exact) mass is 385 g/mol. The number of nitrogens with one attached hydrogen (secondary N) is 3. The lowest BCUT2D eigenvalue weighted by Crippen LogP contribution is -2.48. The fourth-order valence-electron chi connectivity index (χ4n) is 4.06. The highest BCUT2D eigenvalue weighted by molar-refractivity contribution is 5.82. The Labute approximate surface area is 162 Å². The van der Waals surface area contributed by atoms with Gasteiger partial charge in [0.25, 0.3) is 5.56 Å². The minimum absolute atomic E-state index is 0.0182. The molecule has 0 aliphatic carbocycles. The largest absolute Gasteiger partial charge is 0.341 e. The molecule has 2 aromatic rings. The first-order chi connectivity index (χ1) is 13.5. The molecular formula is C20H24FN5O2. The average Bonchev–Trinajstić information content (AvgIpc) is 3.17. The molecule has 28 heavy (non-hydrogen) atoms. The smallest absolute Gasteiger partial charge is 0.251 e. The van der Waals surface area contributed by atoms with Gasteiger partial charge in [0.2, 0.25) is 5.91 Å². The van der Waals surface area contributed by atoms with Crippen LogP contribution < -0.4 is 16.4 Å². The summed E-state index contributed by atoms with van der Waals surface area (Å²) < 4.78 is 13.1. The zero-order valence-corrected chi connectivity index (χ0v) is 15.7. The van der Waals surface area contributed by atoms with E-state index in [0.29, 0.717) is 25.3 Å². The highest BCUT2D eigenvalue weighted by atomic mass is 19.1. The summed E-state index contributed by atoms with van der Waals surface area (Å²) in [5.41, 5.74) is 7.86. The number of hydrogen-bond acceptors (Lipinski definition) is 5. The van der Waals surface area contributed by atoms with Gasteiger partial charge in [-0.3, -0.25) is 9.59 Å². The molecule has 2 unspecified atom stereocenters. The van der Waals surface area contributed by atoms with Crippen LogP contribution in [0.3, 0.4) is 0 Å². The molecule has 2 atom stereocenters. The topological polar surface area (TPSA) is 90.1 Å². The number of carbonyl (C=O) groups excluding carboxylic acids is 1. The van der Waals surface area contributed by atoms with Crippen LogP contribution in [-0.4, -0.2) is 39.9 Å². The van der Waals surface area contributed by atoms with Gasteiger partial charge in [0, 0.05) is 31.1 Å². The highest BCUT2D eigenvalue weighted by Crippen LogP contribution is 2.28. The van der Waals surface area contributed by atoms with E-state index in [2.05, 4.69) is 20.8 Å². The Morgan fingerprint density at radius 3 is 2.57 bits per heavy atom. The van der Waals surface area contributed by atoms with Crippen LogP contribution in [0.5, 0.6) is 0 Å². The van der Waals surface area contributed by atoms with Gasteiger partial charge in [-0.2, -0.15) is 0 Å². The summed E-state index contributed by atoms with van der Waals surface area (Å²) in [7, 11) is 0. The zero-order valence-electron chi connectivity index (χ0n) is 15.7. The van der Waals surface area contributed by atoms with Crippen LogP contribution in [0.2, 0.25) is 0 Å². The number of hydrogen-bond donors (Lipinski definition) is 3. The number of aryl methyl sites for hydroxylation is 1. The standard InChI is InChI=1S/C20H24FN5O2/c1-12-22-16(11-19(27)23-12)14-6-8-26(9-7-14)20(28)18-10-17(24-25-18)13-2-4-15(21)5-3-13/h2-5,11,14,17-18,24-25H,6-10H2,1H3,(H,22,23,27). The van der Waals surface area contributed by atoms with Crippen molar-refractivity contribution in [3.8, 4) is 0 Å². The van der Waals surface area contributed by atoms with E-state index in [-0.39, 0.29) is 35.3 Å². The molecular weight excluding hydrogens is 361 g/mol. The summed E-state index contributed by atoms with van der Waals surface area (Å²) in [6.45, 7) is 3.08. The van der Waals surface area contributed by atoms with Gasteiger partial charge in [-0.1, -0.05) is 12.1 Å². The third-order valence-electron chi connectivity index (χ3n) is 5.58. The van der Waals surface area contributed by atoms with E-state index in [0.717, 1.165) is 24.1 Å². The molecule has 2 saturated heterocycles.